The number of Topliss-reactive ketones (excluding diaryl/α,β-unsaturated/α-hetero) is 1. The van der Waals surface area contributed by atoms with Gasteiger partial charge in [-0.25, -0.2) is 4.79 Å². The van der Waals surface area contributed by atoms with Crippen LogP contribution in [0, 0.1) is 6.92 Å². The first-order valence-corrected chi connectivity index (χ1v) is 5.49. The first-order chi connectivity index (χ1) is 8.56. The van der Waals surface area contributed by atoms with Gasteiger partial charge in [-0.05, 0) is 12.5 Å². The molecule has 0 saturated carbocycles. The van der Waals surface area contributed by atoms with Gasteiger partial charge in [-0.1, -0.05) is 0 Å². The highest BCUT2D eigenvalue weighted by molar-refractivity contribution is 6.40. The van der Waals surface area contributed by atoms with Crippen molar-refractivity contribution in [3.05, 3.63) is 33.9 Å². The smallest absolute Gasteiger partial charge is 0.396 e. The summed E-state index contributed by atoms with van der Waals surface area (Å²) in [5.74, 6) is 0.0405. The molecule has 96 valence electrons. The fraction of sp³-hybridized carbons (Fsp3) is 0.417. The molecule has 18 heavy (non-hydrogen) atoms. The van der Waals surface area contributed by atoms with Crippen LogP contribution in [-0.4, -0.2) is 18.1 Å². The van der Waals surface area contributed by atoms with Crippen molar-refractivity contribution in [2.45, 2.75) is 26.9 Å². The topological polar surface area (TPSA) is 82.0 Å². The molecule has 1 aliphatic heterocycles. The summed E-state index contributed by atoms with van der Waals surface area (Å²) in [4.78, 5) is 25.9. The number of aliphatic imine (C=N–C) groups is 1. The zero-order chi connectivity index (χ0) is 13.1. The summed E-state index contributed by atoms with van der Waals surface area (Å²) >= 11 is 0. The predicted octanol–water partition coefficient (Wildman–Crippen LogP) is 1.38. The lowest BCUT2D eigenvalue weighted by atomic mass is 10.1. The molecule has 0 radical (unpaired) electrons. The Hall–Kier alpha value is -1.95. The van der Waals surface area contributed by atoms with Gasteiger partial charge in [0.05, 0.1) is 12.3 Å². The molecular weight excluding hydrogens is 238 g/mol. The van der Waals surface area contributed by atoms with Crippen molar-refractivity contribution in [3.8, 4) is 0 Å². The Morgan fingerprint density at radius 3 is 2.78 bits per heavy atom. The molecule has 1 aromatic rings. The van der Waals surface area contributed by atoms with Gasteiger partial charge in [-0.2, -0.15) is 0 Å². The van der Waals surface area contributed by atoms with Gasteiger partial charge >= 0.3 is 5.82 Å². The van der Waals surface area contributed by atoms with Gasteiger partial charge in [0, 0.05) is 19.5 Å². The molecular formula is C12H13NO5. The second kappa shape index (κ2) is 5.14. The Balaban J connectivity index is 1.80. The number of nitrogens with zero attached hydrogens (tertiary/aromatic N) is 1. The van der Waals surface area contributed by atoms with Crippen molar-refractivity contribution in [1.82, 2.24) is 0 Å². The third-order valence-electron chi connectivity index (χ3n) is 2.56. The molecule has 0 fully saturated rings. The number of hydrogen-bond acceptors (Lipinski definition) is 6. The van der Waals surface area contributed by atoms with Crippen LogP contribution in [0.25, 0.3) is 0 Å². The predicted molar refractivity (Wildman–Crippen MR) is 62.5 cm³/mol. The van der Waals surface area contributed by atoms with Crippen molar-refractivity contribution in [3.63, 3.8) is 0 Å². The summed E-state index contributed by atoms with van der Waals surface area (Å²) < 4.78 is 14.9. The van der Waals surface area contributed by atoms with E-state index in [1.807, 2.05) is 0 Å². The molecule has 0 saturated heterocycles. The zero-order valence-electron chi connectivity index (χ0n) is 10.2. The maximum Gasteiger partial charge on any atom is 0.519 e. The minimum Gasteiger partial charge on any atom is -0.396 e. The van der Waals surface area contributed by atoms with Crippen LogP contribution in [0.1, 0.15) is 24.9 Å². The Kier molecular flexibility index (Phi) is 3.57. The molecule has 0 N–H and O–H groups in total. The summed E-state index contributed by atoms with van der Waals surface area (Å²) in [6.07, 6.45) is 2.15. The number of hydrogen-bond donors (Lipinski definition) is 0. The van der Waals surface area contributed by atoms with Crippen molar-refractivity contribution >= 4 is 11.5 Å². The molecule has 1 aliphatic rings. The molecule has 0 atom stereocenters. The van der Waals surface area contributed by atoms with Crippen molar-refractivity contribution in [2.24, 2.45) is 4.99 Å². The van der Waals surface area contributed by atoms with Gasteiger partial charge in [-0.3, -0.25) is 9.79 Å². The molecule has 0 spiro atoms. The zero-order valence-corrected chi connectivity index (χ0v) is 10.2. The van der Waals surface area contributed by atoms with Gasteiger partial charge in [0.15, 0.2) is 11.5 Å². The average molecular weight is 251 g/mol. The van der Waals surface area contributed by atoms with E-state index >= 15 is 0 Å². The molecule has 0 aromatic carbocycles. The van der Waals surface area contributed by atoms with Gasteiger partial charge in [0.1, 0.15) is 12.4 Å². The van der Waals surface area contributed by atoms with E-state index in [4.69, 9.17) is 13.6 Å². The maximum atomic E-state index is 11.1. The van der Waals surface area contributed by atoms with Gasteiger partial charge < -0.3 is 13.6 Å². The highest BCUT2D eigenvalue weighted by Crippen LogP contribution is 2.14. The van der Waals surface area contributed by atoms with Crippen molar-refractivity contribution in [1.29, 1.82) is 0 Å². The van der Waals surface area contributed by atoms with Crippen LogP contribution in [0.15, 0.2) is 30.4 Å². The Bertz CT molecular complexity index is 576. The fourth-order valence-corrected chi connectivity index (χ4v) is 1.56. The molecule has 0 bridgehead atoms. The highest BCUT2D eigenvalue weighted by Gasteiger charge is 2.15. The van der Waals surface area contributed by atoms with E-state index in [9.17, 15) is 9.59 Å². The van der Waals surface area contributed by atoms with E-state index in [2.05, 4.69) is 4.99 Å². The summed E-state index contributed by atoms with van der Waals surface area (Å²) in [5.41, 5.74) is 1.46. The Morgan fingerprint density at radius 1 is 1.44 bits per heavy atom. The largest absolute Gasteiger partial charge is 0.519 e. The summed E-state index contributed by atoms with van der Waals surface area (Å²) in [6.45, 7) is 3.62. The van der Waals surface area contributed by atoms with Crippen molar-refractivity contribution < 1.29 is 18.4 Å². The average Bonchev–Trinajstić information content (AvgIpc) is 2.87. The number of ketones is 1. The lowest BCUT2D eigenvalue weighted by Gasteiger charge is -2.02. The number of ether oxygens (including phenoxy) is 1. The molecule has 6 nitrogen and oxygen atoms in total. The summed E-state index contributed by atoms with van der Waals surface area (Å²) in [5, 5.41) is 0. The van der Waals surface area contributed by atoms with Crippen LogP contribution in [-0.2, 0) is 16.1 Å². The number of rotatable bonds is 5. The Morgan fingerprint density at radius 2 is 2.22 bits per heavy atom. The quantitative estimate of drug-likeness (QED) is 0.789. The molecule has 6 heteroatoms. The van der Waals surface area contributed by atoms with Crippen molar-refractivity contribution in [2.75, 3.05) is 6.61 Å². The summed E-state index contributed by atoms with van der Waals surface area (Å²) in [6, 6.07) is 0. The first kappa shape index (κ1) is 12.5. The third-order valence-corrected chi connectivity index (χ3v) is 2.56. The lowest BCUT2D eigenvalue weighted by Crippen LogP contribution is -2.09. The normalized spacial score (nSPS) is 14.6. The van der Waals surface area contributed by atoms with E-state index in [0.717, 1.165) is 5.57 Å². The van der Waals surface area contributed by atoms with Crippen LogP contribution in [0.3, 0.4) is 0 Å². The SMILES string of the molecule is CC(=O)C1=NC=C(COCc2oc(=O)oc2C)C1. The molecule has 0 unspecified atom stereocenters. The number of carbonyl (C=O) groups excluding carboxylic acids is 1. The highest BCUT2D eigenvalue weighted by atomic mass is 16.6. The van der Waals surface area contributed by atoms with E-state index in [-0.39, 0.29) is 12.4 Å². The van der Waals surface area contributed by atoms with Crippen LogP contribution in [0.5, 0.6) is 0 Å². The minimum atomic E-state index is -0.728. The molecule has 0 amide bonds. The van der Waals surface area contributed by atoms with Crippen LogP contribution in [0.2, 0.25) is 0 Å². The second-order valence-electron chi connectivity index (χ2n) is 4.02. The van der Waals surface area contributed by atoms with E-state index in [1.54, 1.807) is 13.1 Å². The van der Waals surface area contributed by atoms with Gasteiger partial charge in [0.25, 0.3) is 0 Å². The van der Waals surface area contributed by atoms with Crippen LogP contribution < -0.4 is 5.82 Å². The Labute approximate surface area is 103 Å². The fourth-order valence-electron chi connectivity index (χ4n) is 1.56. The van der Waals surface area contributed by atoms with E-state index in [0.29, 0.717) is 30.3 Å². The number of carbonyl (C=O) groups is 1. The monoisotopic (exact) mass is 251 g/mol. The third kappa shape index (κ3) is 2.84. The van der Waals surface area contributed by atoms with Gasteiger partial charge in [0.2, 0.25) is 0 Å². The van der Waals surface area contributed by atoms with Gasteiger partial charge in [-0.15, -0.1) is 0 Å². The molecule has 2 heterocycles. The lowest BCUT2D eigenvalue weighted by molar-refractivity contribution is -0.111. The van der Waals surface area contributed by atoms with Crippen LogP contribution in [0.4, 0.5) is 0 Å². The molecule has 0 aliphatic carbocycles. The standard InChI is InChI=1S/C12H13NO5/c1-7(14)10-3-9(4-13-10)5-16-6-11-8(2)17-12(15)18-11/h4H,3,5-6H2,1-2H3. The first-order valence-electron chi connectivity index (χ1n) is 5.49. The molecule has 1 aromatic heterocycles. The van der Waals surface area contributed by atoms with E-state index in [1.165, 1.54) is 6.92 Å². The maximum absolute atomic E-state index is 11.1. The number of aryl methyl sites for hydroxylation is 1. The minimum absolute atomic E-state index is 0.0297. The summed E-state index contributed by atoms with van der Waals surface area (Å²) in [7, 11) is 0. The second-order valence-corrected chi connectivity index (χ2v) is 4.02. The van der Waals surface area contributed by atoms with E-state index < -0.39 is 5.82 Å². The molecule has 2 rings (SSSR count). The van der Waals surface area contributed by atoms with Crippen LogP contribution >= 0.6 is 0 Å².